The van der Waals surface area contributed by atoms with Gasteiger partial charge in [0.2, 0.25) is 5.82 Å². The monoisotopic (exact) mass is 213 g/mol. The van der Waals surface area contributed by atoms with E-state index in [-0.39, 0.29) is 0 Å². The molecule has 0 fully saturated rings. The fourth-order valence-electron chi connectivity index (χ4n) is 1.45. The molecule has 2 aromatic heterocycles. The molecule has 16 heavy (non-hydrogen) atoms. The summed E-state index contributed by atoms with van der Waals surface area (Å²) in [6.45, 7) is 0. The first-order valence-electron chi connectivity index (χ1n) is 4.65. The van der Waals surface area contributed by atoms with Crippen molar-refractivity contribution in [3.63, 3.8) is 0 Å². The highest BCUT2D eigenvalue weighted by Crippen LogP contribution is 2.24. The van der Waals surface area contributed by atoms with Crippen LogP contribution in [0.5, 0.6) is 0 Å². The van der Waals surface area contributed by atoms with E-state index in [1.54, 1.807) is 0 Å². The highest BCUT2D eigenvalue weighted by molar-refractivity contribution is 5.73. The van der Waals surface area contributed by atoms with Crippen LogP contribution in [-0.2, 0) is 0 Å². The minimum Gasteiger partial charge on any atom is -0.197 e. The van der Waals surface area contributed by atoms with Gasteiger partial charge in [-0.1, -0.05) is 30.3 Å². The van der Waals surface area contributed by atoms with Gasteiger partial charge >= 0.3 is 0 Å². The largest absolute Gasteiger partial charge is 0.227 e. The number of rotatable bonds is 2. The molecule has 7 heteroatoms. The zero-order valence-electron chi connectivity index (χ0n) is 8.12. The Bertz CT molecular complexity index is 569. The lowest BCUT2D eigenvalue weighted by Gasteiger charge is -1.95. The van der Waals surface area contributed by atoms with Crippen molar-refractivity contribution in [3.05, 3.63) is 30.3 Å². The molecule has 0 saturated carbocycles. The minimum atomic E-state index is 0.424. The summed E-state index contributed by atoms with van der Waals surface area (Å²) < 4.78 is 0. The van der Waals surface area contributed by atoms with Gasteiger partial charge in [0.25, 0.3) is 0 Å². The summed E-state index contributed by atoms with van der Waals surface area (Å²) >= 11 is 0. The van der Waals surface area contributed by atoms with Crippen molar-refractivity contribution in [1.29, 1.82) is 0 Å². The lowest BCUT2D eigenvalue weighted by atomic mass is 10.1. The molecule has 0 bridgehead atoms. The molecule has 3 aromatic rings. The van der Waals surface area contributed by atoms with Crippen molar-refractivity contribution < 1.29 is 0 Å². The van der Waals surface area contributed by atoms with Crippen LogP contribution in [0.4, 0.5) is 0 Å². The molecular formula is C9H7N7. The van der Waals surface area contributed by atoms with Gasteiger partial charge in [-0.2, -0.15) is 20.6 Å². The van der Waals surface area contributed by atoms with Gasteiger partial charge in [-0.25, -0.2) is 0 Å². The number of hydrogen-bond acceptors (Lipinski definition) is 5. The van der Waals surface area contributed by atoms with Crippen molar-refractivity contribution in [2.45, 2.75) is 0 Å². The highest BCUT2D eigenvalue weighted by atomic mass is 15.5. The topological polar surface area (TPSA) is 96.0 Å². The Hall–Kier alpha value is -2.57. The number of nitrogens with zero attached hydrogens (tertiary/aromatic N) is 5. The molecule has 0 spiro atoms. The molecule has 0 aliphatic carbocycles. The second-order valence-electron chi connectivity index (χ2n) is 3.12. The van der Waals surface area contributed by atoms with Crippen LogP contribution in [0.3, 0.4) is 0 Å². The zero-order valence-corrected chi connectivity index (χ0v) is 8.12. The quantitative estimate of drug-likeness (QED) is 0.651. The summed E-state index contributed by atoms with van der Waals surface area (Å²) in [6.07, 6.45) is 0. The molecule has 1 aromatic carbocycles. The van der Waals surface area contributed by atoms with Crippen molar-refractivity contribution in [1.82, 2.24) is 36.0 Å². The van der Waals surface area contributed by atoms with Crippen LogP contribution in [-0.4, -0.2) is 36.0 Å². The minimum absolute atomic E-state index is 0.424. The molecule has 0 unspecified atom stereocenters. The zero-order chi connectivity index (χ0) is 10.8. The molecule has 2 heterocycles. The van der Waals surface area contributed by atoms with Crippen LogP contribution in [0.2, 0.25) is 0 Å². The molecule has 2 N–H and O–H groups in total. The third-order valence-electron chi connectivity index (χ3n) is 2.15. The SMILES string of the molecule is c1ccc(-c2n[nH]nc2-c2nn[nH]n2)cc1. The van der Waals surface area contributed by atoms with Crippen LogP contribution in [0.25, 0.3) is 22.8 Å². The Morgan fingerprint density at radius 1 is 0.812 bits per heavy atom. The molecule has 0 amide bonds. The summed E-state index contributed by atoms with van der Waals surface area (Å²) in [6, 6.07) is 9.70. The van der Waals surface area contributed by atoms with E-state index in [0.29, 0.717) is 17.2 Å². The van der Waals surface area contributed by atoms with Gasteiger partial charge < -0.3 is 0 Å². The molecule has 0 radical (unpaired) electrons. The van der Waals surface area contributed by atoms with E-state index < -0.39 is 0 Å². The van der Waals surface area contributed by atoms with Crippen LogP contribution >= 0.6 is 0 Å². The summed E-state index contributed by atoms with van der Waals surface area (Å²) in [7, 11) is 0. The maximum Gasteiger partial charge on any atom is 0.227 e. The Balaban J connectivity index is 2.14. The second kappa shape index (κ2) is 3.54. The number of aromatic amines is 2. The average Bonchev–Trinajstić information content (AvgIpc) is 3.01. The number of hydrogen-bond donors (Lipinski definition) is 2. The third kappa shape index (κ3) is 1.34. The Morgan fingerprint density at radius 2 is 1.62 bits per heavy atom. The molecule has 7 nitrogen and oxygen atoms in total. The lowest BCUT2D eigenvalue weighted by molar-refractivity contribution is 0.881. The van der Waals surface area contributed by atoms with Crippen LogP contribution in [0.15, 0.2) is 30.3 Å². The Kier molecular flexibility index (Phi) is 1.93. The number of aromatic nitrogens is 7. The standard InChI is InChI=1S/C9H7N7/c1-2-4-6(5-3-1)7-8(11-14-10-7)9-12-15-16-13-9/h1-5H,(H,10,11,14)(H,12,13,15,16). The normalized spacial score (nSPS) is 10.5. The van der Waals surface area contributed by atoms with Gasteiger partial charge in [-0.05, 0) is 5.21 Å². The van der Waals surface area contributed by atoms with Gasteiger partial charge in [-0.15, -0.1) is 10.2 Å². The van der Waals surface area contributed by atoms with E-state index in [9.17, 15) is 0 Å². The van der Waals surface area contributed by atoms with Crippen molar-refractivity contribution in [2.24, 2.45) is 0 Å². The molecular weight excluding hydrogens is 206 g/mol. The van der Waals surface area contributed by atoms with Gasteiger partial charge in [0.15, 0.2) is 5.69 Å². The first-order valence-corrected chi connectivity index (χ1v) is 4.65. The van der Waals surface area contributed by atoms with Gasteiger partial charge in [-0.3, -0.25) is 0 Å². The van der Waals surface area contributed by atoms with E-state index in [2.05, 4.69) is 36.0 Å². The smallest absolute Gasteiger partial charge is 0.197 e. The predicted octanol–water partition coefficient (Wildman–Crippen LogP) is 0.652. The molecule has 3 rings (SSSR count). The fourth-order valence-corrected chi connectivity index (χ4v) is 1.45. The van der Waals surface area contributed by atoms with E-state index in [0.717, 1.165) is 5.56 Å². The van der Waals surface area contributed by atoms with Crippen molar-refractivity contribution >= 4 is 0 Å². The van der Waals surface area contributed by atoms with Crippen molar-refractivity contribution in [3.8, 4) is 22.8 Å². The van der Waals surface area contributed by atoms with Gasteiger partial charge in [0, 0.05) is 5.56 Å². The average molecular weight is 213 g/mol. The van der Waals surface area contributed by atoms with E-state index in [1.807, 2.05) is 30.3 Å². The van der Waals surface area contributed by atoms with Crippen LogP contribution in [0, 0.1) is 0 Å². The maximum atomic E-state index is 4.08. The number of tetrazole rings is 1. The number of benzene rings is 1. The summed E-state index contributed by atoms with van der Waals surface area (Å²) in [5, 5.41) is 24.3. The third-order valence-corrected chi connectivity index (χ3v) is 2.15. The summed E-state index contributed by atoms with van der Waals surface area (Å²) in [5.74, 6) is 0.424. The van der Waals surface area contributed by atoms with Crippen LogP contribution < -0.4 is 0 Å². The first kappa shape index (κ1) is 8.72. The molecule has 0 atom stereocenters. The van der Waals surface area contributed by atoms with E-state index in [4.69, 9.17) is 0 Å². The maximum absolute atomic E-state index is 4.08. The summed E-state index contributed by atoms with van der Waals surface area (Å²) in [4.78, 5) is 0. The van der Waals surface area contributed by atoms with Crippen LogP contribution in [0.1, 0.15) is 0 Å². The predicted molar refractivity (Wildman–Crippen MR) is 55.0 cm³/mol. The van der Waals surface area contributed by atoms with Gasteiger partial charge in [0.1, 0.15) is 5.69 Å². The first-order chi connectivity index (χ1) is 7.95. The number of nitrogens with one attached hydrogen (secondary N) is 2. The molecule has 0 saturated heterocycles. The Morgan fingerprint density at radius 3 is 2.38 bits per heavy atom. The molecule has 0 aliphatic rings. The summed E-state index contributed by atoms with van der Waals surface area (Å²) in [5.41, 5.74) is 2.25. The Labute approximate surface area is 89.9 Å². The van der Waals surface area contributed by atoms with E-state index >= 15 is 0 Å². The van der Waals surface area contributed by atoms with Crippen molar-refractivity contribution in [2.75, 3.05) is 0 Å². The second-order valence-corrected chi connectivity index (χ2v) is 3.12. The fraction of sp³-hybridized carbons (Fsp3) is 0. The lowest BCUT2D eigenvalue weighted by Crippen LogP contribution is -1.86. The molecule has 0 aliphatic heterocycles. The van der Waals surface area contributed by atoms with E-state index in [1.165, 1.54) is 0 Å². The molecule has 78 valence electrons. The number of H-pyrrole nitrogens is 2. The van der Waals surface area contributed by atoms with Gasteiger partial charge in [0.05, 0.1) is 0 Å². The highest BCUT2D eigenvalue weighted by Gasteiger charge is 2.15.